The molecule has 1 nitrogen and oxygen atoms in total. The number of nitrogens with two attached hydrogens (primary N) is 1. The van der Waals surface area contributed by atoms with Crippen LogP contribution in [0.2, 0.25) is 0 Å². The molecule has 0 saturated carbocycles. The first-order chi connectivity index (χ1) is 7.33. The van der Waals surface area contributed by atoms with Crippen molar-refractivity contribution in [3.05, 3.63) is 35.9 Å². The van der Waals surface area contributed by atoms with Crippen molar-refractivity contribution in [3.8, 4) is 0 Å². The summed E-state index contributed by atoms with van der Waals surface area (Å²) < 4.78 is 0. The molecular formula is C14H27N. The van der Waals surface area contributed by atoms with E-state index in [4.69, 9.17) is 5.73 Å². The first-order valence-corrected chi connectivity index (χ1v) is 6.12. The lowest BCUT2D eigenvalue weighted by atomic mass is 10.1. The zero-order valence-corrected chi connectivity index (χ0v) is 11.0. The van der Waals surface area contributed by atoms with Gasteiger partial charge < -0.3 is 5.73 Å². The molecule has 0 aliphatic rings. The summed E-state index contributed by atoms with van der Waals surface area (Å²) in [6.45, 7) is 10.1. The summed E-state index contributed by atoms with van der Waals surface area (Å²) in [6.07, 6.45) is 2.05. The Morgan fingerprint density at radius 2 is 1.47 bits per heavy atom. The molecule has 1 rings (SSSR count). The van der Waals surface area contributed by atoms with E-state index in [-0.39, 0.29) is 0 Å². The average molecular weight is 209 g/mol. The minimum atomic E-state index is 0.317. The summed E-state index contributed by atoms with van der Waals surface area (Å²) in [4.78, 5) is 0. The maximum atomic E-state index is 5.80. The SMILES string of the molecule is CC.CC.CCC(N)Cc1ccccc1. The van der Waals surface area contributed by atoms with Gasteiger partial charge in [0.25, 0.3) is 0 Å². The molecule has 0 bridgehead atoms. The fourth-order valence-corrected chi connectivity index (χ4v) is 1.06. The second-order valence-corrected chi connectivity index (χ2v) is 2.86. The molecule has 0 fully saturated rings. The molecule has 1 aromatic rings. The fourth-order valence-electron chi connectivity index (χ4n) is 1.06. The Kier molecular flexibility index (Phi) is 14.6. The summed E-state index contributed by atoms with van der Waals surface area (Å²) in [6, 6.07) is 10.7. The van der Waals surface area contributed by atoms with Crippen LogP contribution in [0.15, 0.2) is 30.3 Å². The largest absolute Gasteiger partial charge is 0.327 e. The van der Waals surface area contributed by atoms with E-state index < -0.39 is 0 Å². The molecule has 0 aliphatic heterocycles. The third kappa shape index (κ3) is 9.48. The minimum Gasteiger partial charge on any atom is -0.327 e. The lowest BCUT2D eigenvalue weighted by Crippen LogP contribution is -2.21. The van der Waals surface area contributed by atoms with Crippen molar-refractivity contribution in [1.82, 2.24) is 0 Å². The second-order valence-electron chi connectivity index (χ2n) is 2.86. The molecule has 1 heteroatoms. The summed E-state index contributed by atoms with van der Waals surface area (Å²) in [7, 11) is 0. The molecule has 1 unspecified atom stereocenters. The van der Waals surface area contributed by atoms with Crippen molar-refractivity contribution in [2.45, 2.75) is 53.5 Å². The predicted octanol–water partition coefficient (Wildman–Crippen LogP) is 4.02. The van der Waals surface area contributed by atoms with E-state index in [1.165, 1.54) is 5.56 Å². The van der Waals surface area contributed by atoms with Gasteiger partial charge in [0.1, 0.15) is 0 Å². The standard InChI is InChI=1S/C10H15N.2C2H6/c1-2-10(11)8-9-6-4-3-5-7-9;2*1-2/h3-7,10H,2,8,11H2,1H3;2*1-2H3. The van der Waals surface area contributed by atoms with Crippen LogP contribution in [-0.2, 0) is 6.42 Å². The third-order valence-electron chi connectivity index (χ3n) is 1.87. The van der Waals surface area contributed by atoms with Crippen LogP contribution in [0.5, 0.6) is 0 Å². The summed E-state index contributed by atoms with van der Waals surface area (Å²) >= 11 is 0. The molecule has 0 amide bonds. The Labute approximate surface area is 95.7 Å². The van der Waals surface area contributed by atoms with Gasteiger partial charge in [0.2, 0.25) is 0 Å². The summed E-state index contributed by atoms with van der Waals surface area (Å²) in [5, 5.41) is 0. The molecule has 1 aromatic carbocycles. The monoisotopic (exact) mass is 209 g/mol. The van der Waals surface area contributed by atoms with Gasteiger partial charge in [0, 0.05) is 6.04 Å². The van der Waals surface area contributed by atoms with Crippen molar-refractivity contribution < 1.29 is 0 Å². The van der Waals surface area contributed by atoms with Gasteiger partial charge in [-0.3, -0.25) is 0 Å². The molecule has 0 radical (unpaired) electrons. The number of hydrogen-bond donors (Lipinski definition) is 1. The van der Waals surface area contributed by atoms with E-state index in [1.54, 1.807) is 0 Å². The molecule has 1 atom stereocenters. The normalized spacial score (nSPS) is 10.3. The van der Waals surface area contributed by atoms with Gasteiger partial charge in [0.15, 0.2) is 0 Å². The predicted molar refractivity (Wildman–Crippen MR) is 71.1 cm³/mol. The topological polar surface area (TPSA) is 26.0 Å². The molecule has 0 aromatic heterocycles. The molecule has 15 heavy (non-hydrogen) atoms. The summed E-state index contributed by atoms with van der Waals surface area (Å²) in [5.74, 6) is 0. The highest BCUT2D eigenvalue weighted by molar-refractivity contribution is 5.15. The Balaban J connectivity index is 0. The Bertz CT molecular complexity index is 194. The molecule has 0 spiro atoms. The fraction of sp³-hybridized carbons (Fsp3) is 0.571. The molecule has 88 valence electrons. The van der Waals surface area contributed by atoms with Gasteiger partial charge in [-0.05, 0) is 18.4 Å². The Hall–Kier alpha value is -0.820. The lowest BCUT2D eigenvalue weighted by Gasteiger charge is -2.07. The first kappa shape index (κ1) is 16.6. The van der Waals surface area contributed by atoms with Crippen molar-refractivity contribution in [1.29, 1.82) is 0 Å². The minimum absolute atomic E-state index is 0.317. The second kappa shape index (κ2) is 13.2. The maximum absolute atomic E-state index is 5.80. The molecular weight excluding hydrogens is 182 g/mol. The smallest absolute Gasteiger partial charge is 0.00766 e. The number of rotatable bonds is 3. The first-order valence-electron chi connectivity index (χ1n) is 6.12. The van der Waals surface area contributed by atoms with E-state index in [0.29, 0.717) is 6.04 Å². The van der Waals surface area contributed by atoms with Crippen LogP contribution < -0.4 is 5.73 Å². The van der Waals surface area contributed by atoms with Gasteiger partial charge >= 0.3 is 0 Å². The van der Waals surface area contributed by atoms with Gasteiger partial charge in [-0.1, -0.05) is 65.0 Å². The highest BCUT2D eigenvalue weighted by Gasteiger charge is 1.98. The van der Waals surface area contributed by atoms with E-state index in [0.717, 1.165) is 12.8 Å². The molecule has 0 aliphatic carbocycles. The Morgan fingerprint density at radius 1 is 1.00 bits per heavy atom. The number of benzene rings is 1. The van der Waals surface area contributed by atoms with E-state index in [9.17, 15) is 0 Å². The Morgan fingerprint density at radius 3 is 1.87 bits per heavy atom. The highest BCUT2D eigenvalue weighted by atomic mass is 14.6. The quantitative estimate of drug-likeness (QED) is 0.799. The average Bonchev–Trinajstić information content (AvgIpc) is 2.35. The van der Waals surface area contributed by atoms with E-state index in [2.05, 4.69) is 31.2 Å². The third-order valence-corrected chi connectivity index (χ3v) is 1.87. The maximum Gasteiger partial charge on any atom is 0.00766 e. The molecule has 0 heterocycles. The van der Waals surface area contributed by atoms with Crippen LogP contribution >= 0.6 is 0 Å². The summed E-state index contributed by atoms with van der Waals surface area (Å²) in [5.41, 5.74) is 7.14. The van der Waals surface area contributed by atoms with E-state index >= 15 is 0 Å². The highest BCUT2D eigenvalue weighted by Crippen LogP contribution is 2.02. The van der Waals surface area contributed by atoms with Crippen LogP contribution in [0, 0.1) is 0 Å². The van der Waals surface area contributed by atoms with Crippen LogP contribution in [0.4, 0.5) is 0 Å². The van der Waals surface area contributed by atoms with Crippen molar-refractivity contribution >= 4 is 0 Å². The molecule has 2 N–H and O–H groups in total. The van der Waals surface area contributed by atoms with Crippen LogP contribution in [0.1, 0.15) is 46.6 Å². The van der Waals surface area contributed by atoms with Gasteiger partial charge in [-0.25, -0.2) is 0 Å². The molecule has 0 saturated heterocycles. The van der Waals surface area contributed by atoms with Gasteiger partial charge in [-0.15, -0.1) is 0 Å². The van der Waals surface area contributed by atoms with Crippen molar-refractivity contribution in [2.75, 3.05) is 0 Å². The van der Waals surface area contributed by atoms with Crippen LogP contribution in [0.3, 0.4) is 0 Å². The lowest BCUT2D eigenvalue weighted by molar-refractivity contribution is 0.646. The van der Waals surface area contributed by atoms with Gasteiger partial charge in [0.05, 0.1) is 0 Å². The van der Waals surface area contributed by atoms with E-state index in [1.807, 2.05) is 33.8 Å². The van der Waals surface area contributed by atoms with Crippen LogP contribution in [-0.4, -0.2) is 6.04 Å². The van der Waals surface area contributed by atoms with Crippen LogP contribution in [0.25, 0.3) is 0 Å². The van der Waals surface area contributed by atoms with Crippen molar-refractivity contribution in [3.63, 3.8) is 0 Å². The zero-order valence-electron chi connectivity index (χ0n) is 11.0. The van der Waals surface area contributed by atoms with Crippen molar-refractivity contribution in [2.24, 2.45) is 5.73 Å². The number of hydrogen-bond acceptors (Lipinski definition) is 1. The zero-order chi connectivity index (χ0) is 12.1. The van der Waals surface area contributed by atoms with Gasteiger partial charge in [-0.2, -0.15) is 0 Å².